The minimum absolute atomic E-state index is 0.100. The Labute approximate surface area is 217 Å². The lowest BCUT2D eigenvalue weighted by Crippen LogP contribution is -2.48. The highest BCUT2D eigenvalue weighted by Gasteiger charge is 2.31. The molecule has 0 aromatic heterocycles. The Morgan fingerprint density at radius 3 is 1.95 bits per heavy atom. The van der Waals surface area contributed by atoms with Gasteiger partial charge in [0, 0.05) is 5.92 Å². The number of fused-ring (bicyclic) bond motifs is 3. The number of ether oxygens (including phenoxy) is 2. The van der Waals surface area contributed by atoms with E-state index in [2.05, 4.69) is 22.8 Å². The largest absolute Gasteiger partial charge is 0.467 e. The molecule has 0 heterocycles. The molecule has 0 saturated heterocycles. The quantitative estimate of drug-likeness (QED) is 0.405. The Bertz CT molecular complexity index is 1210. The zero-order chi connectivity index (χ0) is 26.4. The minimum atomic E-state index is -1.05. The molecule has 4 rings (SSSR count). The van der Waals surface area contributed by atoms with Crippen LogP contribution in [0.5, 0.6) is 0 Å². The summed E-state index contributed by atoms with van der Waals surface area (Å²) in [7, 11) is 1.28. The van der Waals surface area contributed by atoms with Crippen molar-refractivity contribution in [2.45, 2.75) is 38.3 Å². The van der Waals surface area contributed by atoms with E-state index < -0.39 is 30.1 Å². The number of nitrogens with one attached hydrogen (secondary N) is 2. The van der Waals surface area contributed by atoms with Crippen LogP contribution in [0.1, 0.15) is 48.9 Å². The zero-order valence-corrected chi connectivity index (χ0v) is 21.3. The van der Waals surface area contributed by atoms with Crippen molar-refractivity contribution in [2.24, 2.45) is 5.92 Å². The Balaban J connectivity index is 1.48. The second kappa shape index (κ2) is 11.7. The Hall–Kier alpha value is -4.13. The molecule has 1 aliphatic rings. The van der Waals surface area contributed by atoms with Gasteiger partial charge in [0.1, 0.15) is 18.7 Å². The molecule has 2 N–H and O–H groups in total. The topological polar surface area (TPSA) is 93.7 Å². The summed E-state index contributed by atoms with van der Waals surface area (Å²) in [5.41, 5.74) is 5.04. The van der Waals surface area contributed by atoms with Crippen molar-refractivity contribution in [1.29, 1.82) is 0 Å². The second-order valence-corrected chi connectivity index (χ2v) is 9.53. The summed E-state index contributed by atoms with van der Waals surface area (Å²) in [6.07, 6.45) is -0.311. The monoisotopic (exact) mass is 500 g/mol. The summed E-state index contributed by atoms with van der Waals surface area (Å²) in [6, 6.07) is 23.2. The maximum absolute atomic E-state index is 13.3. The molecular formula is C30H32N2O5. The van der Waals surface area contributed by atoms with Crippen LogP contribution in [-0.4, -0.2) is 37.7 Å². The first-order chi connectivity index (χ1) is 17.9. The first kappa shape index (κ1) is 25.9. The number of hydrogen-bond acceptors (Lipinski definition) is 5. The van der Waals surface area contributed by atoms with Gasteiger partial charge in [-0.05, 0) is 40.2 Å². The zero-order valence-electron chi connectivity index (χ0n) is 21.3. The summed E-state index contributed by atoms with van der Waals surface area (Å²) in [5.74, 6) is -1.00. The first-order valence-electron chi connectivity index (χ1n) is 12.4. The van der Waals surface area contributed by atoms with E-state index in [0.717, 1.165) is 22.3 Å². The van der Waals surface area contributed by atoms with E-state index in [1.165, 1.54) is 7.11 Å². The second-order valence-electron chi connectivity index (χ2n) is 9.53. The van der Waals surface area contributed by atoms with Crippen molar-refractivity contribution >= 4 is 18.0 Å². The van der Waals surface area contributed by atoms with E-state index in [4.69, 9.17) is 9.47 Å². The van der Waals surface area contributed by atoms with Crippen LogP contribution in [0.3, 0.4) is 0 Å². The van der Waals surface area contributed by atoms with Gasteiger partial charge in [-0.3, -0.25) is 4.79 Å². The number of alkyl carbamates (subject to hydrolysis) is 1. The Morgan fingerprint density at radius 2 is 1.38 bits per heavy atom. The van der Waals surface area contributed by atoms with E-state index in [-0.39, 0.29) is 18.4 Å². The molecule has 37 heavy (non-hydrogen) atoms. The fourth-order valence-electron chi connectivity index (χ4n) is 4.79. The van der Waals surface area contributed by atoms with Crippen LogP contribution in [0.2, 0.25) is 0 Å². The Kier molecular flexibility index (Phi) is 8.23. The van der Waals surface area contributed by atoms with Crippen LogP contribution in [-0.2, 0) is 19.1 Å². The van der Waals surface area contributed by atoms with Crippen molar-refractivity contribution in [3.05, 3.63) is 95.6 Å². The molecule has 0 saturated carbocycles. The number of carbonyl (C=O) groups is 3. The van der Waals surface area contributed by atoms with Gasteiger partial charge in [-0.25, -0.2) is 9.59 Å². The average Bonchev–Trinajstić information content (AvgIpc) is 3.23. The van der Waals surface area contributed by atoms with Gasteiger partial charge in [0.2, 0.25) is 5.91 Å². The van der Waals surface area contributed by atoms with Crippen LogP contribution in [0.25, 0.3) is 11.1 Å². The van der Waals surface area contributed by atoms with Gasteiger partial charge in [-0.1, -0.05) is 92.7 Å². The smallest absolute Gasteiger partial charge is 0.408 e. The molecule has 192 valence electrons. The summed E-state index contributed by atoms with van der Waals surface area (Å²) in [4.78, 5) is 38.5. The summed E-state index contributed by atoms with van der Waals surface area (Å²) >= 11 is 0. The van der Waals surface area contributed by atoms with Crippen molar-refractivity contribution in [2.75, 3.05) is 13.7 Å². The lowest BCUT2D eigenvalue weighted by molar-refractivity contribution is -0.145. The van der Waals surface area contributed by atoms with Gasteiger partial charge in [0.15, 0.2) is 0 Å². The van der Waals surface area contributed by atoms with Gasteiger partial charge in [-0.2, -0.15) is 0 Å². The van der Waals surface area contributed by atoms with E-state index in [0.29, 0.717) is 12.0 Å². The number of esters is 1. The summed E-state index contributed by atoms with van der Waals surface area (Å²) < 4.78 is 10.5. The molecule has 7 heteroatoms. The maximum Gasteiger partial charge on any atom is 0.408 e. The van der Waals surface area contributed by atoms with Crippen LogP contribution in [0.4, 0.5) is 4.79 Å². The highest BCUT2D eigenvalue weighted by atomic mass is 16.5. The molecule has 7 nitrogen and oxygen atoms in total. The molecule has 1 aliphatic carbocycles. The van der Waals surface area contributed by atoms with E-state index >= 15 is 0 Å². The minimum Gasteiger partial charge on any atom is -0.467 e. The lowest BCUT2D eigenvalue weighted by Gasteiger charge is -2.23. The molecule has 0 aliphatic heterocycles. The Morgan fingerprint density at radius 1 is 0.811 bits per heavy atom. The van der Waals surface area contributed by atoms with Gasteiger partial charge >= 0.3 is 12.1 Å². The summed E-state index contributed by atoms with van der Waals surface area (Å²) in [5, 5.41) is 5.44. The molecule has 0 bridgehead atoms. The third-order valence-corrected chi connectivity index (χ3v) is 6.51. The number of hydrogen-bond donors (Lipinski definition) is 2. The van der Waals surface area contributed by atoms with E-state index in [1.807, 2.05) is 56.3 Å². The van der Waals surface area contributed by atoms with Crippen LogP contribution < -0.4 is 10.6 Å². The van der Waals surface area contributed by atoms with Gasteiger partial charge in [0.25, 0.3) is 0 Å². The maximum atomic E-state index is 13.3. The normalized spacial score (nSPS) is 13.7. The molecule has 3 aromatic carbocycles. The molecule has 3 aromatic rings. The predicted molar refractivity (Wildman–Crippen MR) is 141 cm³/mol. The highest BCUT2D eigenvalue weighted by Crippen LogP contribution is 2.44. The van der Waals surface area contributed by atoms with E-state index in [1.54, 1.807) is 24.3 Å². The number of amides is 2. The van der Waals surface area contributed by atoms with E-state index in [9.17, 15) is 14.4 Å². The molecular weight excluding hydrogens is 468 g/mol. The molecule has 0 fully saturated rings. The van der Waals surface area contributed by atoms with Crippen molar-refractivity contribution < 1.29 is 23.9 Å². The molecule has 2 amide bonds. The van der Waals surface area contributed by atoms with Gasteiger partial charge in [0.05, 0.1) is 7.11 Å². The SMILES string of the molecule is COC(=O)[C@H](CC(C)C)NC(=O)[C@@H](NC(=O)OCC1c2ccccc2-c2ccccc21)c1ccccc1. The molecule has 0 spiro atoms. The van der Waals surface area contributed by atoms with Gasteiger partial charge in [-0.15, -0.1) is 0 Å². The predicted octanol–water partition coefficient (Wildman–Crippen LogP) is 4.97. The van der Waals surface area contributed by atoms with Crippen molar-refractivity contribution in [3.8, 4) is 11.1 Å². The fraction of sp³-hybridized carbons (Fsp3) is 0.300. The van der Waals surface area contributed by atoms with Crippen LogP contribution in [0, 0.1) is 5.92 Å². The van der Waals surface area contributed by atoms with Crippen molar-refractivity contribution in [1.82, 2.24) is 10.6 Å². The number of rotatable bonds is 9. The highest BCUT2D eigenvalue weighted by molar-refractivity contribution is 5.90. The lowest BCUT2D eigenvalue weighted by atomic mass is 9.98. The van der Waals surface area contributed by atoms with Crippen molar-refractivity contribution in [3.63, 3.8) is 0 Å². The number of methoxy groups -OCH3 is 1. The third-order valence-electron chi connectivity index (χ3n) is 6.51. The molecule has 2 atom stereocenters. The molecule has 0 radical (unpaired) electrons. The standard InChI is InChI=1S/C30H32N2O5/c1-19(2)17-26(29(34)36-3)31-28(33)27(20-11-5-4-6-12-20)32-30(35)37-18-25-23-15-9-7-13-21(23)22-14-8-10-16-24(22)25/h4-16,19,25-27H,17-18H2,1-3H3,(H,31,33)(H,32,35)/t26-,27-/m0/s1. The van der Waals surface area contributed by atoms with Gasteiger partial charge < -0.3 is 20.1 Å². The van der Waals surface area contributed by atoms with Crippen LogP contribution >= 0.6 is 0 Å². The first-order valence-corrected chi connectivity index (χ1v) is 12.4. The fourth-order valence-corrected chi connectivity index (χ4v) is 4.79. The average molecular weight is 501 g/mol. The van der Waals surface area contributed by atoms with Crippen LogP contribution in [0.15, 0.2) is 78.9 Å². The third kappa shape index (κ3) is 6.00. The summed E-state index contributed by atoms with van der Waals surface area (Å²) in [6.45, 7) is 4.03. The molecule has 0 unspecified atom stereocenters. The number of benzene rings is 3. The number of carbonyl (C=O) groups excluding carboxylic acids is 3.